The minimum Gasteiger partial charge on any atom is -0.361 e. The molecule has 6 rings (SSSR count). The van der Waals surface area contributed by atoms with E-state index in [9.17, 15) is 9.59 Å². The molecular weight excluding hydrogens is 618 g/mol. The molecular formula is C36H34BrN3O2S. The van der Waals surface area contributed by atoms with Gasteiger partial charge in [-0.3, -0.25) is 9.59 Å². The molecule has 0 aliphatic heterocycles. The molecule has 0 radical (unpaired) electrons. The minimum absolute atomic E-state index is 0.0596. The predicted molar refractivity (Wildman–Crippen MR) is 179 cm³/mol. The van der Waals surface area contributed by atoms with Gasteiger partial charge in [0, 0.05) is 54.5 Å². The van der Waals surface area contributed by atoms with E-state index in [0.717, 1.165) is 66.5 Å². The molecule has 0 aliphatic rings. The predicted octanol–water partition coefficient (Wildman–Crippen LogP) is 9.65. The zero-order chi connectivity index (χ0) is 30.6. The number of ketones is 2. The van der Waals surface area contributed by atoms with Crippen LogP contribution in [0, 0.1) is 27.7 Å². The van der Waals surface area contributed by atoms with E-state index in [2.05, 4.69) is 90.9 Å². The van der Waals surface area contributed by atoms with E-state index < -0.39 is 0 Å². The highest BCUT2D eigenvalue weighted by Crippen LogP contribution is 2.43. The second-order valence-electron chi connectivity index (χ2n) is 11.4. The Bertz CT molecular complexity index is 2010. The molecule has 5 nitrogen and oxygen atoms in total. The molecule has 2 unspecified atom stereocenters. The van der Waals surface area contributed by atoms with Crippen molar-refractivity contribution in [2.24, 2.45) is 0 Å². The highest BCUT2D eigenvalue weighted by Gasteiger charge is 2.30. The number of aromatic nitrogens is 3. The Morgan fingerprint density at radius 3 is 1.84 bits per heavy atom. The third kappa shape index (κ3) is 5.04. The van der Waals surface area contributed by atoms with Crippen LogP contribution in [0.15, 0.2) is 70.5 Å². The molecule has 218 valence electrons. The number of thiophene rings is 1. The first-order valence-electron chi connectivity index (χ1n) is 14.4. The van der Waals surface area contributed by atoms with Gasteiger partial charge >= 0.3 is 0 Å². The number of fused-ring (bicyclic) bond motifs is 1. The van der Waals surface area contributed by atoms with Crippen LogP contribution in [0.25, 0.3) is 10.1 Å². The number of Topliss-reactive ketones (excluding diaryl/α,β-unsaturated/α-hetero) is 2. The quantitative estimate of drug-likeness (QED) is 0.143. The van der Waals surface area contributed by atoms with Crippen molar-refractivity contribution in [1.82, 2.24) is 15.0 Å². The zero-order valence-corrected chi connectivity index (χ0v) is 27.5. The van der Waals surface area contributed by atoms with Crippen molar-refractivity contribution in [2.75, 3.05) is 0 Å². The molecule has 0 aliphatic carbocycles. The number of carbonyl (C=O) groups excluding carboxylic acids is 2. The van der Waals surface area contributed by atoms with Crippen molar-refractivity contribution in [3.8, 4) is 0 Å². The first-order chi connectivity index (χ1) is 20.6. The van der Waals surface area contributed by atoms with Crippen LogP contribution in [-0.2, 0) is 0 Å². The van der Waals surface area contributed by atoms with Crippen LogP contribution in [-0.4, -0.2) is 26.5 Å². The lowest BCUT2D eigenvalue weighted by atomic mass is 9.89. The number of aromatic amines is 3. The molecule has 3 N–H and O–H groups in total. The fourth-order valence-corrected chi connectivity index (χ4v) is 8.15. The number of rotatable bonds is 8. The van der Waals surface area contributed by atoms with Gasteiger partial charge in [-0.1, -0.05) is 46.3 Å². The van der Waals surface area contributed by atoms with Gasteiger partial charge in [-0.05, 0) is 105 Å². The first-order valence-corrected chi connectivity index (χ1v) is 16.0. The number of hydrogen-bond donors (Lipinski definition) is 3. The summed E-state index contributed by atoms with van der Waals surface area (Å²) in [6.07, 6.45) is 0. The summed E-state index contributed by atoms with van der Waals surface area (Å²) in [5, 5.41) is 3.41. The normalized spacial score (nSPS) is 13.0. The van der Waals surface area contributed by atoms with Crippen LogP contribution in [0.3, 0.4) is 0 Å². The van der Waals surface area contributed by atoms with Gasteiger partial charge in [-0.15, -0.1) is 11.3 Å². The Morgan fingerprint density at radius 2 is 1.28 bits per heavy atom. The Labute approximate surface area is 263 Å². The van der Waals surface area contributed by atoms with E-state index in [0.29, 0.717) is 0 Å². The van der Waals surface area contributed by atoms with Crippen LogP contribution >= 0.6 is 27.3 Å². The molecule has 0 saturated carbocycles. The lowest BCUT2D eigenvalue weighted by Crippen LogP contribution is -2.09. The summed E-state index contributed by atoms with van der Waals surface area (Å²) in [5.41, 5.74) is 11.6. The van der Waals surface area contributed by atoms with E-state index in [4.69, 9.17) is 0 Å². The lowest BCUT2D eigenvalue weighted by Gasteiger charge is -2.19. The average Bonchev–Trinajstić information content (AvgIpc) is 3.72. The minimum atomic E-state index is -0.153. The van der Waals surface area contributed by atoms with E-state index in [1.165, 1.54) is 15.6 Å². The topological polar surface area (TPSA) is 81.5 Å². The van der Waals surface area contributed by atoms with Gasteiger partial charge in [0.15, 0.2) is 11.6 Å². The Hall–Kier alpha value is -3.94. The summed E-state index contributed by atoms with van der Waals surface area (Å²) < 4.78 is 2.23. The molecule has 0 bridgehead atoms. The van der Waals surface area contributed by atoms with Crippen molar-refractivity contribution < 1.29 is 9.59 Å². The fourth-order valence-electron chi connectivity index (χ4n) is 6.82. The van der Waals surface area contributed by atoms with Crippen LogP contribution in [0.4, 0.5) is 0 Å². The molecule has 4 heterocycles. The highest BCUT2D eigenvalue weighted by atomic mass is 79.9. The molecule has 4 aromatic heterocycles. The van der Waals surface area contributed by atoms with Gasteiger partial charge in [0.1, 0.15) is 0 Å². The fraction of sp³-hybridized carbons (Fsp3) is 0.222. The van der Waals surface area contributed by atoms with E-state index in [-0.39, 0.29) is 23.4 Å². The maximum atomic E-state index is 12.7. The maximum absolute atomic E-state index is 12.7. The third-order valence-corrected chi connectivity index (χ3v) is 10.1. The second-order valence-corrected chi connectivity index (χ2v) is 13.2. The Balaban J connectivity index is 1.57. The summed E-state index contributed by atoms with van der Waals surface area (Å²) in [6, 6.07) is 21.1. The number of halogens is 1. The van der Waals surface area contributed by atoms with E-state index in [1.807, 2.05) is 33.8 Å². The largest absolute Gasteiger partial charge is 0.361 e. The van der Waals surface area contributed by atoms with Gasteiger partial charge in [0.2, 0.25) is 0 Å². The van der Waals surface area contributed by atoms with Gasteiger partial charge in [-0.2, -0.15) is 0 Å². The highest BCUT2D eigenvalue weighted by molar-refractivity contribution is 9.10. The number of nitrogens with one attached hydrogen (secondary N) is 3. The summed E-state index contributed by atoms with van der Waals surface area (Å²) in [5.74, 6) is -0.162. The van der Waals surface area contributed by atoms with Gasteiger partial charge in [0.25, 0.3) is 0 Å². The Kier molecular flexibility index (Phi) is 7.65. The molecule has 0 fully saturated rings. The number of carbonyl (C=O) groups is 2. The summed E-state index contributed by atoms with van der Waals surface area (Å²) >= 11 is 5.41. The Morgan fingerprint density at radius 1 is 0.721 bits per heavy atom. The molecule has 7 heteroatoms. The van der Waals surface area contributed by atoms with Crippen molar-refractivity contribution in [1.29, 1.82) is 0 Å². The molecule has 0 saturated heterocycles. The standard InChI is InChI=1S/C36H34BrN3O2S/c1-18-31(22(5)41)20(3)38-35(18)33(24-10-8-7-9-11-24)28-13-14-29(40-28)34(36-19(2)32(23(6)42)21(4)39-36)27-17-43-30-15-12-25(37)16-26(27)30/h7-17,33-34,38-40H,1-6H3. The van der Waals surface area contributed by atoms with Gasteiger partial charge in [0.05, 0.1) is 11.8 Å². The average molecular weight is 653 g/mol. The zero-order valence-electron chi connectivity index (χ0n) is 25.1. The van der Waals surface area contributed by atoms with Crippen LogP contribution in [0.5, 0.6) is 0 Å². The van der Waals surface area contributed by atoms with Crippen LogP contribution < -0.4 is 0 Å². The molecule has 0 spiro atoms. The van der Waals surface area contributed by atoms with Crippen molar-refractivity contribution in [3.05, 3.63) is 138 Å². The van der Waals surface area contributed by atoms with Crippen molar-refractivity contribution in [3.63, 3.8) is 0 Å². The second kappa shape index (κ2) is 11.3. The van der Waals surface area contributed by atoms with E-state index >= 15 is 0 Å². The smallest absolute Gasteiger partial charge is 0.161 e. The number of benzene rings is 2. The lowest BCUT2D eigenvalue weighted by molar-refractivity contribution is 0.100. The summed E-state index contributed by atoms with van der Waals surface area (Å²) in [7, 11) is 0. The first kappa shape index (κ1) is 29.1. The molecule has 2 atom stereocenters. The van der Waals surface area contributed by atoms with Gasteiger partial charge < -0.3 is 15.0 Å². The summed E-state index contributed by atoms with van der Waals surface area (Å²) in [6.45, 7) is 11.3. The molecule has 0 amide bonds. The van der Waals surface area contributed by atoms with E-state index in [1.54, 1.807) is 25.2 Å². The van der Waals surface area contributed by atoms with Crippen molar-refractivity contribution in [2.45, 2.75) is 53.4 Å². The van der Waals surface area contributed by atoms with Crippen molar-refractivity contribution >= 4 is 48.9 Å². The maximum Gasteiger partial charge on any atom is 0.161 e. The third-order valence-electron chi connectivity index (χ3n) is 8.60. The molecule has 43 heavy (non-hydrogen) atoms. The summed E-state index contributed by atoms with van der Waals surface area (Å²) in [4.78, 5) is 36.2. The number of H-pyrrole nitrogens is 3. The molecule has 6 aromatic rings. The number of aryl methyl sites for hydroxylation is 2. The van der Waals surface area contributed by atoms with Gasteiger partial charge in [-0.25, -0.2) is 0 Å². The monoisotopic (exact) mass is 651 g/mol. The van der Waals surface area contributed by atoms with Crippen LogP contribution in [0.2, 0.25) is 0 Å². The number of hydrogen-bond acceptors (Lipinski definition) is 3. The molecule has 2 aromatic carbocycles. The SMILES string of the molecule is CC(=O)c1c(C)[nH]c(C(c2ccccc2)c2ccc(C(c3[nH]c(C)c(C(C)=O)c3C)c3csc4ccc(Br)cc34)[nH]2)c1C. The van der Waals surface area contributed by atoms with Crippen LogP contribution in [0.1, 0.15) is 103 Å².